The first-order valence-corrected chi connectivity index (χ1v) is 12.3. The van der Waals surface area contributed by atoms with E-state index in [1.165, 1.54) is 102 Å². The van der Waals surface area contributed by atoms with Crippen LogP contribution in [0, 0.1) is 0 Å². The monoisotopic (exact) mass is 381 g/mol. The Morgan fingerprint density at radius 1 is 0.741 bits per heavy atom. The number of quaternary nitrogens is 1. The number of aliphatic hydroxyl groups excluding tert-OH is 1. The molecule has 1 unspecified atom stereocenters. The minimum absolute atomic E-state index is 0.283. The highest BCUT2D eigenvalue weighted by Gasteiger charge is 2.35. The Hall–Kier alpha value is -0.410. The molecule has 0 saturated heterocycles. The molecule has 0 saturated carbocycles. The number of aliphatic hydroxyl groups is 1. The highest BCUT2D eigenvalue weighted by atomic mass is 16.3. The summed E-state index contributed by atoms with van der Waals surface area (Å²) in [5, 5.41) is 9.37. The van der Waals surface area contributed by atoms with E-state index in [1.807, 2.05) is 0 Å². The largest absolute Gasteiger partial charge is 0.390 e. The summed E-state index contributed by atoms with van der Waals surface area (Å²) < 4.78 is 0.953. The van der Waals surface area contributed by atoms with Gasteiger partial charge in [-0.25, -0.2) is 4.99 Å². The van der Waals surface area contributed by atoms with Gasteiger partial charge < -0.3 is 5.11 Å². The maximum atomic E-state index is 9.37. The molecule has 1 atom stereocenters. The molecule has 0 aromatic rings. The summed E-state index contributed by atoms with van der Waals surface area (Å²) in [6.45, 7) is 8.81. The van der Waals surface area contributed by atoms with Crippen LogP contribution < -0.4 is 0 Å². The quantitative estimate of drug-likeness (QED) is 0.201. The van der Waals surface area contributed by atoms with Gasteiger partial charge in [-0.3, -0.25) is 4.48 Å². The lowest BCUT2D eigenvalue weighted by molar-refractivity contribution is -0.835. The Morgan fingerprint density at radius 2 is 1.22 bits per heavy atom. The summed E-state index contributed by atoms with van der Waals surface area (Å²) in [5.41, 5.74) is 0. The third-order valence-corrected chi connectivity index (χ3v) is 6.51. The Morgan fingerprint density at radius 3 is 1.67 bits per heavy atom. The van der Waals surface area contributed by atoms with Crippen molar-refractivity contribution in [2.24, 2.45) is 4.99 Å². The molecule has 1 heterocycles. The van der Waals surface area contributed by atoms with E-state index in [1.54, 1.807) is 0 Å². The molecule has 1 aliphatic rings. The second-order valence-corrected chi connectivity index (χ2v) is 8.63. The summed E-state index contributed by atoms with van der Waals surface area (Å²) in [7, 11) is 0. The molecule has 0 spiro atoms. The summed E-state index contributed by atoms with van der Waals surface area (Å²) in [5.74, 6) is 1.36. The molecule has 160 valence electrons. The molecular formula is C24H49N2O+. The van der Waals surface area contributed by atoms with Crippen LogP contribution in [0.1, 0.15) is 117 Å². The summed E-state index contributed by atoms with van der Waals surface area (Å²) in [6, 6.07) is 0. The van der Waals surface area contributed by atoms with Gasteiger partial charge in [0, 0.05) is 6.42 Å². The van der Waals surface area contributed by atoms with E-state index in [4.69, 9.17) is 4.99 Å². The Bertz CT molecular complexity index is 369. The molecule has 0 aliphatic carbocycles. The Labute approximate surface area is 170 Å². The number of likely N-dealkylation sites (N-methyl/N-ethyl adjacent to an activating group) is 1. The van der Waals surface area contributed by atoms with Crippen molar-refractivity contribution >= 4 is 5.84 Å². The summed E-state index contributed by atoms with van der Waals surface area (Å²) in [4.78, 5) is 4.76. The zero-order chi connectivity index (χ0) is 19.6. The van der Waals surface area contributed by atoms with E-state index in [0.29, 0.717) is 0 Å². The molecule has 1 aliphatic heterocycles. The molecule has 0 bridgehead atoms. The van der Waals surface area contributed by atoms with Crippen LogP contribution in [0.2, 0.25) is 0 Å². The predicted molar refractivity (Wildman–Crippen MR) is 119 cm³/mol. The van der Waals surface area contributed by atoms with E-state index in [0.717, 1.165) is 37.1 Å². The van der Waals surface area contributed by atoms with Gasteiger partial charge in [-0.2, -0.15) is 0 Å². The van der Waals surface area contributed by atoms with Crippen LogP contribution in [-0.4, -0.2) is 48.2 Å². The van der Waals surface area contributed by atoms with Crippen LogP contribution in [0.5, 0.6) is 0 Å². The molecule has 0 aromatic heterocycles. The molecule has 3 heteroatoms. The van der Waals surface area contributed by atoms with Crippen LogP contribution in [0.25, 0.3) is 0 Å². The standard InChI is InChI=1S/C24H49N2O/c1-3-5-6-7-8-9-10-11-12-13-14-15-16-17-18-19-24-25-20-21-26(24,4-2)22-23-27/h27H,3-23H2,1-2H3/q+1. The average Bonchev–Trinajstić information content (AvgIpc) is 3.08. The second-order valence-electron chi connectivity index (χ2n) is 8.63. The zero-order valence-corrected chi connectivity index (χ0v) is 18.7. The first-order chi connectivity index (χ1) is 13.3. The third kappa shape index (κ3) is 10.6. The van der Waals surface area contributed by atoms with Gasteiger partial charge in [0.1, 0.15) is 13.1 Å². The highest BCUT2D eigenvalue weighted by molar-refractivity contribution is 5.76. The minimum Gasteiger partial charge on any atom is -0.390 e. The van der Waals surface area contributed by atoms with Gasteiger partial charge in [0.15, 0.2) is 5.84 Å². The van der Waals surface area contributed by atoms with E-state index in [-0.39, 0.29) is 6.61 Å². The zero-order valence-electron chi connectivity index (χ0n) is 18.7. The topological polar surface area (TPSA) is 32.6 Å². The van der Waals surface area contributed by atoms with E-state index in [2.05, 4.69) is 13.8 Å². The lowest BCUT2D eigenvalue weighted by Gasteiger charge is -2.33. The van der Waals surface area contributed by atoms with Gasteiger partial charge in [-0.15, -0.1) is 0 Å². The lowest BCUT2D eigenvalue weighted by Crippen LogP contribution is -2.52. The predicted octanol–water partition coefficient (Wildman–Crippen LogP) is 6.49. The minimum atomic E-state index is 0.283. The molecule has 0 radical (unpaired) electrons. The van der Waals surface area contributed by atoms with Crippen molar-refractivity contribution in [1.82, 2.24) is 0 Å². The molecule has 1 N–H and O–H groups in total. The van der Waals surface area contributed by atoms with Crippen LogP contribution in [-0.2, 0) is 0 Å². The van der Waals surface area contributed by atoms with Crippen LogP contribution in [0.3, 0.4) is 0 Å². The molecule has 0 aromatic carbocycles. The van der Waals surface area contributed by atoms with Gasteiger partial charge in [0.05, 0.1) is 19.7 Å². The first kappa shape index (κ1) is 24.6. The van der Waals surface area contributed by atoms with Crippen molar-refractivity contribution in [2.45, 2.75) is 117 Å². The van der Waals surface area contributed by atoms with Crippen LogP contribution >= 0.6 is 0 Å². The number of hydrogen-bond acceptors (Lipinski definition) is 2. The number of aliphatic imine (C=N–C) groups is 1. The fourth-order valence-corrected chi connectivity index (χ4v) is 4.55. The molecule has 0 amide bonds. The molecular weight excluding hydrogens is 332 g/mol. The van der Waals surface area contributed by atoms with Gasteiger partial charge in [0.2, 0.25) is 0 Å². The van der Waals surface area contributed by atoms with Crippen LogP contribution in [0.15, 0.2) is 4.99 Å². The van der Waals surface area contributed by atoms with Gasteiger partial charge >= 0.3 is 0 Å². The fourth-order valence-electron chi connectivity index (χ4n) is 4.55. The number of hydrogen-bond donors (Lipinski definition) is 1. The second kappa shape index (κ2) is 16.5. The number of unbranched alkanes of at least 4 members (excludes halogenated alkanes) is 14. The SMILES string of the molecule is CCCCCCCCCCCCCCCCCC1=NCC[N+]1(CC)CCO. The van der Waals surface area contributed by atoms with Gasteiger partial charge in [0.25, 0.3) is 0 Å². The normalized spacial score (nSPS) is 19.6. The average molecular weight is 382 g/mol. The lowest BCUT2D eigenvalue weighted by atomic mass is 10.0. The summed E-state index contributed by atoms with van der Waals surface area (Å²) in [6.07, 6.45) is 22.4. The molecule has 1 rings (SSSR count). The summed E-state index contributed by atoms with van der Waals surface area (Å²) >= 11 is 0. The Kier molecular flexibility index (Phi) is 15.1. The third-order valence-electron chi connectivity index (χ3n) is 6.51. The van der Waals surface area contributed by atoms with E-state index >= 15 is 0 Å². The van der Waals surface area contributed by atoms with Crippen molar-refractivity contribution in [2.75, 3.05) is 32.8 Å². The molecule has 27 heavy (non-hydrogen) atoms. The van der Waals surface area contributed by atoms with E-state index < -0.39 is 0 Å². The van der Waals surface area contributed by atoms with Crippen molar-refractivity contribution in [3.8, 4) is 0 Å². The Balaban J connectivity index is 1.88. The number of rotatable bonds is 19. The van der Waals surface area contributed by atoms with Crippen molar-refractivity contribution < 1.29 is 9.59 Å². The van der Waals surface area contributed by atoms with Crippen molar-refractivity contribution in [3.05, 3.63) is 0 Å². The maximum Gasteiger partial charge on any atom is 0.198 e. The first-order valence-electron chi connectivity index (χ1n) is 12.3. The maximum absolute atomic E-state index is 9.37. The fraction of sp³-hybridized carbons (Fsp3) is 0.958. The molecule has 0 fully saturated rings. The van der Waals surface area contributed by atoms with Gasteiger partial charge in [-0.1, -0.05) is 96.8 Å². The van der Waals surface area contributed by atoms with Crippen molar-refractivity contribution in [3.63, 3.8) is 0 Å². The smallest absolute Gasteiger partial charge is 0.198 e. The molecule has 3 nitrogen and oxygen atoms in total. The van der Waals surface area contributed by atoms with Crippen LogP contribution in [0.4, 0.5) is 0 Å². The number of nitrogens with zero attached hydrogens (tertiary/aromatic N) is 2. The van der Waals surface area contributed by atoms with Gasteiger partial charge in [-0.05, 0) is 13.3 Å². The highest BCUT2D eigenvalue weighted by Crippen LogP contribution is 2.20. The van der Waals surface area contributed by atoms with Crippen molar-refractivity contribution in [1.29, 1.82) is 0 Å². The number of amidine groups is 1. The van der Waals surface area contributed by atoms with E-state index in [9.17, 15) is 5.11 Å².